The number of rotatable bonds is 6. The van der Waals surface area contributed by atoms with E-state index in [1.807, 2.05) is 65.6 Å². The predicted octanol–water partition coefficient (Wildman–Crippen LogP) is 3.92. The molecule has 2 aliphatic rings. The average Bonchev–Trinajstić information content (AvgIpc) is 2.97. The van der Waals surface area contributed by atoms with Crippen LogP contribution in [0.25, 0.3) is 11.3 Å². The molecule has 0 unspecified atom stereocenters. The van der Waals surface area contributed by atoms with Crippen LogP contribution in [0.1, 0.15) is 30.1 Å². The highest BCUT2D eigenvalue weighted by molar-refractivity contribution is 5.94. The number of carbonyl (C=O) groups is 2. The molecule has 2 saturated heterocycles. The molecule has 0 spiro atoms. The highest BCUT2D eigenvalue weighted by Gasteiger charge is 2.31. The molecule has 0 aliphatic carbocycles. The molecule has 0 bridgehead atoms. The van der Waals surface area contributed by atoms with Crippen LogP contribution >= 0.6 is 0 Å². The molecule has 37 heavy (non-hydrogen) atoms. The van der Waals surface area contributed by atoms with Crippen molar-refractivity contribution in [2.75, 3.05) is 56.2 Å². The number of benzene rings is 2. The molecule has 192 valence electrons. The predicted molar refractivity (Wildman–Crippen MR) is 144 cm³/mol. The molecule has 3 heterocycles. The van der Waals surface area contributed by atoms with Gasteiger partial charge in [0, 0.05) is 62.0 Å². The number of methoxy groups -OCH3 is 1. The fraction of sp³-hybridized carbons (Fsp3) is 0.379. The van der Waals surface area contributed by atoms with E-state index in [1.54, 1.807) is 14.0 Å². The van der Waals surface area contributed by atoms with Crippen LogP contribution in [0.4, 0.5) is 11.5 Å². The number of ketones is 1. The van der Waals surface area contributed by atoms with Gasteiger partial charge in [-0.25, -0.2) is 0 Å². The van der Waals surface area contributed by atoms with Crippen LogP contribution in [-0.4, -0.2) is 73.2 Å². The summed E-state index contributed by atoms with van der Waals surface area (Å²) in [6.45, 7) is 6.25. The average molecular weight is 500 g/mol. The molecule has 1 aromatic heterocycles. The second-order valence-electron chi connectivity index (χ2n) is 9.68. The Morgan fingerprint density at radius 2 is 1.46 bits per heavy atom. The molecule has 0 N–H and O–H groups in total. The Morgan fingerprint density at radius 1 is 0.784 bits per heavy atom. The van der Waals surface area contributed by atoms with E-state index in [2.05, 4.69) is 20.0 Å². The quantitative estimate of drug-likeness (QED) is 0.476. The van der Waals surface area contributed by atoms with Crippen molar-refractivity contribution in [1.29, 1.82) is 0 Å². The summed E-state index contributed by atoms with van der Waals surface area (Å²) in [5, 5.41) is 8.88. The molecule has 5 rings (SSSR count). The molecule has 0 atom stereocenters. The first kappa shape index (κ1) is 24.7. The summed E-state index contributed by atoms with van der Waals surface area (Å²) >= 11 is 0. The van der Waals surface area contributed by atoms with Crippen LogP contribution in [0.3, 0.4) is 0 Å². The van der Waals surface area contributed by atoms with E-state index in [4.69, 9.17) is 4.74 Å². The van der Waals surface area contributed by atoms with E-state index in [0.717, 1.165) is 86.2 Å². The molecule has 2 aromatic carbocycles. The van der Waals surface area contributed by atoms with Crippen LogP contribution in [0.15, 0.2) is 60.7 Å². The monoisotopic (exact) mass is 499 g/mol. The van der Waals surface area contributed by atoms with Gasteiger partial charge in [0.25, 0.3) is 0 Å². The Bertz CT molecular complexity index is 1210. The molecule has 8 nitrogen and oxygen atoms in total. The number of hydrogen-bond acceptors (Lipinski definition) is 7. The van der Waals surface area contributed by atoms with Crippen molar-refractivity contribution >= 4 is 23.2 Å². The third-order valence-electron chi connectivity index (χ3n) is 7.43. The van der Waals surface area contributed by atoms with Gasteiger partial charge in [-0.1, -0.05) is 0 Å². The Morgan fingerprint density at radius 3 is 2.03 bits per heavy atom. The lowest BCUT2D eigenvalue weighted by Gasteiger charge is -2.39. The molecule has 8 heteroatoms. The standard InChI is InChI=1S/C29H33N5O3/c1-21(35)22-3-7-25(8-4-22)32-17-19-34(20-18-32)29(36)24-13-15-33(16-14-24)28-12-11-27(30-31-28)23-5-9-26(37-2)10-6-23/h3-12,24H,13-20H2,1-2H3. The van der Waals surface area contributed by atoms with Crippen LogP contribution in [0.2, 0.25) is 0 Å². The molecular weight excluding hydrogens is 466 g/mol. The van der Waals surface area contributed by atoms with E-state index in [-0.39, 0.29) is 17.6 Å². The summed E-state index contributed by atoms with van der Waals surface area (Å²) in [5.41, 5.74) is 3.65. The molecule has 1 amide bonds. The number of carbonyl (C=O) groups excluding carboxylic acids is 2. The third-order valence-corrected chi connectivity index (χ3v) is 7.43. The van der Waals surface area contributed by atoms with Crippen molar-refractivity contribution in [3.63, 3.8) is 0 Å². The van der Waals surface area contributed by atoms with Gasteiger partial charge in [-0.15, -0.1) is 10.2 Å². The summed E-state index contributed by atoms with van der Waals surface area (Å²) in [6.07, 6.45) is 1.65. The maximum Gasteiger partial charge on any atom is 0.225 e. The Labute approximate surface area is 217 Å². The van der Waals surface area contributed by atoms with Crippen molar-refractivity contribution in [3.05, 3.63) is 66.2 Å². The van der Waals surface area contributed by atoms with Crippen molar-refractivity contribution in [3.8, 4) is 17.0 Å². The zero-order chi connectivity index (χ0) is 25.8. The summed E-state index contributed by atoms with van der Waals surface area (Å²) in [7, 11) is 1.65. The smallest absolute Gasteiger partial charge is 0.225 e. The largest absolute Gasteiger partial charge is 0.497 e. The van der Waals surface area contributed by atoms with Crippen LogP contribution in [0.5, 0.6) is 5.75 Å². The van der Waals surface area contributed by atoms with Gasteiger partial charge < -0.3 is 19.4 Å². The maximum absolute atomic E-state index is 13.2. The summed E-state index contributed by atoms with van der Waals surface area (Å²) in [5.74, 6) is 2.07. The van der Waals surface area contributed by atoms with Crippen molar-refractivity contribution < 1.29 is 14.3 Å². The van der Waals surface area contributed by atoms with E-state index in [1.165, 1.54) is 0 Å². The number of piperidine rings is 1. The van der Waals surface area contributed by atoms with Gasteiger partial charge in [-0.3, -0.25) is 9.59 Å². The lowest BCUT2D eigenvalue weighted by atomic mass is 9.95. The Kier molecular flexibility index (Phi) is 7.35. The first-order valence-electron chi connectivity index (χ1n) is 12.9. The van der Waals surface area contributed by atoms with Crippen molar-refractivity contribution in [1.82, 2.24) is 15.1 Å². The summed E-state index contributed by atoms with van der Waals surface area (Å²) in [6, 6.07) is 19.5. The number of aromatic nitrogens is 2. The first-order chi connectivity index (χ1) is 18.0. The minimum atomic E-state index is 0.0594. The van der Waals surface area contributed by atoms with Gasteiger partial charge in [-0.05, 0) is 80.4 Å². The normalized spacial score (nSPS) is 16.5. The lowest BCUT2D eigenvalue weighted by molar-refractivity contribution is -0.136. The van der Waals surface area contributed by atoms with Crippen LogP contribution in [-0.2, 0) is 4.79 Å². The zero-order valence-electron chi connectivity index (χ0n) is 21.5. The highest BCUT2D eigenvalue weighted by Crippen LogP contribution is 2.26. The maximum atomic E-state index is 13.2. The number of piperazine rings is 1. The van der Waals surface area contributed by atoms with Crippen LogP contribution in [0, 0.1) is 5.92 Å². The second kappa shape index (κ2) is 11.0. The van der Waals surface area contributed by atoms with Gasteiger partial charge in [-0.2, -0.15) is 0 Å². The Hall–Kier alpha value is -3.94. The number of Topliss-reactive ketones (excluding diaryl/α,β-unsaturated/α-hetero) is 1. The number of anilines is 2. The summed E-state index contributed by atoms with van der Waals surface area (Å²) < 4.78 is 5.22. The second-order valence-corrected chi connectivity index (χ2v) is 9.68. The first-order valence-corrected chi connectivity index (χ1v) is 12.9. The van der Waals surface area contributed by atoms with Gasteiger partial charge in [0.2, 0.25) is 5.91 Å². The van der Waals surface area contributed by atoms with Gasteiger partial charge in [0.05, 0.1) is 12.8 Å². The van der Waals surface area contributed by atoms with Crippen LogP contribution < -0.4 is 14.5 Å². The SMILES string of the molecule is COc1ccc(-c2ccc(N3CCC(C(=O)N4CCN(c5ccc(C(C)=O)cc5)CC4)CC3)nn2)cc1. The molecule has 3 aromatic rings. The van der Waals surface area contributed by atoms with E-state index >= 15 is 0 Å². The summed E-state index contributed by atoms with van der Waals surface area (Å²) in [4.78, 5) is 31.3. The fourth-order valence-electron chi connectivity index (χ4n) is 5.12. The van der Waals surface area contributed by atoms with Gasteiger partial charge in [0.1, 0.15) is 5.75 Å². The Balaban J connectivity index is 1.11. The molecular formula is C29H33N5O3. The van der Waals surface area contributed by atoms with E-state index < -0.39 is 0 Å². The highest BCUT2D eigenvalue weighted by atomic mass is 16.5. The minimum absolute atomic E-state index is 0.0594. The van der Waals surface area contributed by atoms with Crippen molar-refractivity contribution in [2.24, 2.45) is 5.92 Å². The molecule has 2 aliphatic heterocycles. The topological polar surface area (TPSA) is 78.9 Å². The number of nitrogens with zero attached hydrogens (tertiary/aromatic N) is 5. The lowest BCUT2D eigenvalue weighted by Crippen LogP contribution is -2.51. The number of hydrogen-bond donors (Lipinski definition) is 0. The fourth-order valence-corrected chi connectivity index (χ4v) is 5.12. The molecule has 0 saturated carbocycles. The molecule has 2 fully saturated rings. The van der Waals surface area contributed by atoms with E-state index in [9.17, 15) is 9.59 Å². The van der Waals surface area contributed by atoms with E-state index in [0.29, 0.717) is 0 Å². The minimum Gasteiger partial charge on any atom is -0.497 e. The molecule has 0 radical (unpaired) electrons. The number of ether oxygens (including phenoxy) is 1. The zero-order valence-corrected chi connectivity index (χ0v) is 21.5. The van der Waals surface area contributed by atoms with Crippen molar-refractivity contribution in [2.45, 2.75) is 19.8 Å². The number of amides is 1. The van der Waals surface area contributed by atoms with Gasteiger partial charge >= 0.3 is 0 Å². The third kappa shape index (κ3) is 5.58. The van der Waals surface area contributed by atoms with Gasteiger partial charge in [0.15, 0.2) is 11.6 Å².